The fraction of sp³-hybridized carbons (Fsp3) is 0.500. The van der Waals surface area contributed by atoms with Crippen molar-refractivity contribution in [1.29, 1.82) is 0 Å². The molecule has 7 heteroatoms. The first-order valence-corrected chi connectivity index (χ1v) is 10.1. The molecule has 134 valence electrons. The lowest BCUT2D eigenvalue weighted by Crippen LogP contribution is -2.28. The SMILES string of the molecule is CC1(C)[C@@H](NS(=O)(=O)c2cnn(C3CCOC3)c2)[C@@H]1c1ccccc1. The summed E-state index contributed by atoms with van der Waals surface area (Å²) in [5.41, 5.74) is 1.06. The summed E-state index contributed by atoms with van der Waals surface area (Å²) in [6.45, 7) is 5.47. The fourth-order valence-corrected chi connectivity index (χ4v) is 5.11. The fourth-order valence-electron chi connectivity index (χ4n) is 3.77. The molecule has 1 N–H and O–H groups in total. The summed E-state index contributed by atoms with van der Waals surface area (Å²) in [7, 11) is -3.59. The van der Waals surface area contributed by atoms with E-state index in [1.165, 1.54) is 11.8 Å². The number of aromatic nitrogens is 2. The highest BCUT2D eigenvalue weighted by molar-refractivity contribution is 7.89. The zero-order valence-electron chi connectivity index (χ0n) is 14.4. The Morgan fingerprint density at radius 2 is 2.04 bits per heavy atom. The van der Waals surface area contributed by atoms with Crippen molar-refractivity contribution in [2.24, 2.45) is 5.41 Å². The molecule has 6 nitrogen and oxygen atoms in total. The second kappa shape index (κ2) is 5.93. The second-order valence-corrected chi connectivity index (χ2v) is 9.20. The van der Waals surface area contributed by atoms with Crippen molar-refractivity contribution in [3.63, 3.8) is 0 Å². The van der Waals surface area contributed by atoms with Gasteiger partial charge in [-0.25, -0.2) is 13.1 Å². The topological polar surface area (TPSA) is 73.2 Å². The minimum absolute atomic E-state index is 0.107. The molecule has 25 heavy (non-hydrogen) atoms. The highest BCUT2D eigenvalue weighted by Gasteiger charge is 2.59. The molecule has 2 fully saturated rings. The van der Waals surface area contributed by atoms with Gasteiger partial charge in [-0.2, -0.15) is 5.10 Å². The number of hydrogen-bond donors (Lipinski definition) is 1. The molecule has 1 unspecified atom stereocenters. The quantitative estimate of drug-likeness (QED) is 0.887. The molecule has 2 aromatic rings. The Morgan fingerprint density at radius 3 is 2.72 bits per heavy atom. The number of nitrogens with zero attached hydrogens (tertiary/aromatic N) is 2. The number of nitrogens with one attached hydrogen (secondary N) is 1. The van der Waals surface area contributed by atoms with Gasteiger partial charge in [0.1, 0.15) is 4.90 Å². The maximum absolute atomic E-state index is 12.8. The van der Waals surface area contributed by atoms with Gasteiger partial charge in [0.25, 0.3) is 0 Å². The van der Waals surface area contributed by atoms with Crippen molar-refractivity contribution in [3.05, 3.63) is 48.3 Å². The van der Waals surface area contributed by atoms with Crippen molar-refractivity contribution >= 4 is 10.0 Å². The number of hydrogen-bond acceptors (Lipinski definition) is 4. The van der Waals surface area contributed by atoms with E-state index in [1.54, 1.807) is 10.9 Å². The molecule has 2 heterocycles. The molecule has 1 aromatic heterocycles. The Hall–Kier alpha value is -1.70. The average molecular weight is 361 g/mol. The van der Waals surface area contributed by atoms with E-state index < -0.39 is 10.0 Å². The van der Waals surface area contributed by atoms with Gasteiger partial charge in [-0.3, -0.25) is 4.68 Å². The third-order valence-corrected chi connectivity index (χ3v) is 6.83. The summed E-state index contributed by atoms with van der Waals surface area (Å²) in [5, 5.41) is 4.22. The van der Waals surface area contributed by atoms with Crippen LogP contribution in [0.2, 0.25) is 0 Å². The predicted molar refractivity (Wildman–Crippen MR) is 93.8 cm³/mol. The third kappa shape index (κ3) is 3.01. The monoisotopic (exact) mass is 361 g/mol. The number of benzene rings is 1. The molecule has 0 spiro atoms. The number of rotatable bonds is 5. The van der Waals surface area contributed by atoms with Gasteiger partial charge in [-0.15, -0.1) is 0 Å². The third-order valence-electron chi connectivity index (χ3n) is 5.44. The molecule has 3 atom stereocenters. The predicted octanol–water partition coefficient (Wildman–Crippen LogP) is 2.32. The summed E-state index contributed by atoms with van der Waals surface area (Å²) >= 11 is 0. The Kier molecular flexibility index (Phi) is 3.97. The largest absolute Gasteiger partial charge is 0.379 e. The van der Waals surface area contributed by atoms with Gasteiger partial charge in [0, 0.05) is 24.8 Å². The van der Waals surface area contributed by atoms with E-state index in [2.05, 4.69) is 35.8 Å². The van der Waals surface area contributed by atoms with Crippen LogP contribution in [0.1, 0.15) is 37.8 Å². The van der Waals surface area contributed by atoms with Crippen LogP contribution < -0.4 is 4.72 Å². The van der Waals surface area contributed by atoms with Crippen LogP contribution in [-0.4, -0.2) is 37.5 Å². The van der Waals surface area contributed by atoms with Gasteiger partial charge in [0.2, 0.25) is 10.0 Å². The van der Waals surface area contributed by atoms with E-state index in [4.69, 9.17) is 4.74 Å². The van der Waals surface area contributed by atoms with Crippen LogP contribution >= 0.6 is 0 Å². The van der Waals surface area contributed by atoms with Crippen LogP contribution in [0.15, 0.2) is 47.6 Å². The van der Waals surface area contributed by atoms with Crippen LogP contribution in [0.25, 0.3) is 0 Å². The highest BCUT2D eigenvalue weighted by Crippen LogP contribution is 2.59. The maximum Gasteiger partial charge on any atom is 0.243 e. The van der Waals surface area contributed by atoms with E-state index in [-0.39, 0.29) is 28.3 Å². The van der Waals surface area contributed by atoms with E-state index in [0.29, 0.717) is 13.2 Å². The average Bonchev–Trinajstić information content (AvgIpc) is 3.10. The van der Waals surface area contributed by atoms with Crippen molar-refractivity contribution in [1.82, 2.24) is 14.5 Å². The van der Waals surface area contributed by atoms with Crippen LogP contribution in [0.4, 0.5) is 0 Å². The van der Waals surface area contributed by atoms with Crippen molar-refractivity contribution in [2.75, 3.05) is 13.2 Å². The summed E-state index contributed by atoms with van der Waals surface area (Å²) in [6.07, 6.45) is 3.89. The van der Waals surface area contributed by atoms with Gasteiger partial charge in [-0.05, 0) is 17.4 Å². The smallest absolute Gasteiger partial charge is 0.243 e. The first kappa shape index (κ1) is 16.8. The molecule has 1 saturated heterocycles. The molecule has 1 saturated carbocycles. The van der Waals surface area contributed by atoms with Crippen molar-refractivity contribution in [3.8, 4) is 0 Å². The molecule has 4 rings (SSSR count). The van der Waals surface area contributed by atoms with E-state index >= 15 is 0 Å². The molecule has 0 amide bonds. The molecule has 1 aromatic carbocycles. The lowest BCUT2D eigenvalue weighted by Gasteiger charge is -2.08. The molecule has 0 radical (unpaired) electrons. The first-order valence-electron chi connectivity index (χ1n) is 8.59. The van der Waals surface area contributed by atoms with E-state index in [1.807, 2.05) is 18.2 Å². The first-order chi connectivity index (χ1) is 11.9. The Morgan fingerprint density at radius 1 is 1.28 bits per heavy atom. The summed E-state index contributed by atoms with van der Waals surface area (Å²) < 4.78 is 35.5. The van der Waals surface area contributed by atoms with Crippen LogP contribution in [-0.2, 0) is 14.8 Å². The second-order valence-electron chi connectivity index (χ2n) is 7.48. The molecule has 0 bridgehead atoms. The Bertz CT molecular complexity index is 855. The van der Waals surface area contributed by atoms with E-state index in [9.17, 15) is 8.42 Å². The van der Waals surface area contributed by atoms with Gasteiger partial charge >= 0.3 is 0 Å². The number of sulfonamides is 1. The van der Waals surface area contributed by atoms with Crippen LogP contribution in [0, 0.1) is 5.41 Å². The van der Waals surface area contributed by atoms with Gasteiger partial charge < -0.3 is 4.74 Å². The molecule has 2 aliphatic rings. The zero-order valence-corrected chi connectivity index (χ0v) is 15.2. The Balaban J connectivity index is 1.52. The number of ether oxygens (including phenoxy) is 1. The highest BCUT2D eigenvalue weighted by atomic mass is 32.2. The lowest BCUT2D eigenvalue weighted by atomic mass is 10.0. The maximum atomic E-state index is 12.8. The molecular formula is C18H23N3O3S. The van der Waals surface area contributed by atoms with Gasteiger partial charge in [-0.1, -0.05) is 44.2 Å². The van der Waals surface area contributed by atoms with Crippen LogP contribution in [0.3, 0.4) is 0 Å². The van der Waals surface area contributed by atoms with E-state index in [0.717, 1.165) is 6.42 Å². The zero-order chi connectivity index (χ0) is 17.7. The minimum Gasteiger partial charge on any atom is -0.379 e. The van der Waals surface area contributed by atoms with Crippen molar-refractivity contribution < 1.29 is 13.2 Å². The summed E-state index contributed by atoms with van der Waals surface area (Å²) in [5.74, 6) is 0.182. The van der Waals surface area contributed by atoms with Gasteiger partial charge in [0.15, 0.2) is 0 Å². The van der Waals surface area contributed by atoms with Gasteiger partial charge in [0.05, 0.1) is 18.8 Å². The Labute approximate surface area is 148 Å². The minimum atomic E-state index is -3.59. The van der Waals surface area contributed by atoms with Crippen LogP contribution in [0.5, 0.6) is 0 Å². The molecule has 1 aliphatic carbocycles. The van der Waals surface area contributed by atoms with Crippen molar-refractivity contribution in [2.45, 2.75) is 43.2 Å². The standard InChI is InChI=1S/C18H23N3O3S/c1-18(2)16(13-6-4-3-5-7-13)17(18)20-25(22,23)15-10-19-21(11-15)14-8-9-24-12-14/h3-7,10-11,14,16-17,20H,8-9,12H2,1-2H3/t14?,16-,17-/m0/s1. The lowest BCUT2D eigenvalue weighted by molar-refractivity contribution is 0.184. The molecular weight excluding hydrogens is 338 g/mol. The normalized spacial score (nSPS) is 28.2. The summed E-state index contributed by atoms with van der Waals surface area (Å²) in [4.78, 5) is 0.217. The summed E-state index contributed by atoms with van der Waals surface area (Å²) in [6, 6.07) is 10.1. The molecule has 1 aliphatic heterocycles.